The third-order valence-electron chi connectivity index (χ3n) is 1.65. The van der Waals surface area contributed by atoms with Crippen molar-refractivity contribution in [2.75, 3.05) is 13.1 Å². The maximum absolute atomic E-state index is 10.5. The lowest BCUT2D eigenvalue weighted by molar-refractivity contribution is -0.116. The minimum Gasteiger partial charge on any atom is -0.310 e. The summed E-state index contributed by atoms with van der Waals surface area (Å²) in [5, 5.41) is 3.12. The van der Waals surface area contributed by atoms with Gasteiger partial charge in [-0.15, -0.1) is 0 Å². The van der Waals surface area contributed by atoms with Crippen LogP contribution in [0.3, 0.4) is 0 Å². The molecule has 0 aromatic rings. The lowest BCUT2D eigenvalue weighted by atomic mass is 10.1. The van der Waals surface area contributed by atoms with Crippen LogP contribution in [0.5, 0.6) is 0 Å². The second kappa shape index (κ2) is 6.35. The Balaban J connectivity index is 3.16. The van der Waals surface area contributed by atoms with Gasteiger partial charge in [-0.05, 0) is 25.8 Å². The third kappa shape index (κ3) is 7.53. The summed E-state index contributed by atoms with van der Waals surface area (Å²) in [6.45, 7) is 7.48. The van der Waals surface area contributed by atoms with Gasteiger partial charge in [-0.3, -0.25) is 4.79 Å². The van der Waals surface area contributed by atoms with Crippen LogP contribution in [0.25, 0.3) is 0 Å². The Bertz CT molecular complexity index is 112. The van der Waals surface area contributed by atoms with Crippen LogP contribution in [0.15, 0.2) is 0 Å². The van der Waals surface area contributed by atoms with Gasteiger partial charge < -0.3 is 5.32 Å². The lowest BCUT2D eigenvalue weighted by Gasteiger charge is -2.09. The molecule has 0 rings (SSSR count). The molecule has 2 nitrogen and oxygen atoms in total. The van der Waals surface area contributed by atoms with Crippen LogP contribution in [0.1, 0.15) is 33.6 Å². The molecule has 0 aromatic heterocycles. The summed E-state index contributed by atoms with van der Waals surface area (Å²) in [6.07, 6.45) is 2.47. The first kappa shape index (κ1) is 10.6. The fraction of sp³-hybridized carbons (Fsp3) is 0.889. The van der Waals surface area contributed by atoms with Crippen molar-refractivity contribution in [1.29, 1.82) is 0 Å². The summed E-state index contributed by atoms with van der Waals surface area (Å²) in [7, 11) is 0. The molecule has 0 aliphatic rings. The van der Waals surface area contributed by atoms with Gasteiger partial charge in [0.15, 0.2) is 0 Å². The number of nitrogens with one attached hydrogen (secondary N) is 1. The molecule has 2 heteroatoms. The van der Waals surface area contributed by atoms with Crippen LogP contribution in [0.4, 0.5) is 0 Å². The lowest BCUT2D eigenvalue weighted by Crippen LogP contribution is -2.25. The smallest absolute Gasteiger partial charge is 0.143 e. The van der Waals surface area contributed by atoms with Gasteiger partial charge in [0.05, 0.1) is 6.54 Å². The van der Waals surface area contributed by atoms with E-state index in [1.54, 1.807) is 6.92 Å². The predicted molar refractivity (Wildman–Crippen MR) is 47.6 cm³/mol. The molecule has 0 aliphatic carbocycles. The fourth-order valence-corrected chi connectivity index (χ4v) is 1.09. The molecule has 0 fully saturated rings. The Labute approximate surface area is 69.4 Å². The highest BCUT2D eigenvalue weighted by Crippen LogP contribution is 2.01. The molecule has 1 N–H and O–H groups in total. The van der Waals surface area contributed by atoms with Crippen molar-refractivity contribution in [3.05, 3.63) is 0 Å². The summed E-state index contributed by atoms with van der Waals surface area (Å²) < 4.78 is 0. The normalized spacial score (nSPS) is 13.0. The number of hydrogen-bond acceptors (Lipinski definition) is 2. The minimum absolute atomic E-state index is 0.216. The molecule has 0 amide bonds. The van der Waals surface area contributed by atoms with E-state index >= 15 is 0 Å². The molecule has 0 saturated carbocycles. The average Bonchev–Trinajstić information content (AvgIpc) is 1.87. The van der Waals surface area contributed by atoms with E-state index in [0.29, 0.717) is 12.5 Å². The number of ketones is 1. The van der Waals surface area contributed by atoms with Crippen LogP contribution >= 0.6 is 0 Å². The SMILES string of the molecule is CCCC(C)CNCC(C)=O. The van der Waals surface area contributed by atoms with E-state index in [0.717, 1.165) is 6.54 Å². The van der Waals surface area contributed by atoms with Crippen LogP contribution in [0, 0.1) is 5.92 Å². The largest absolute Gasteiger partial charge is 0.310 e. The highest BCUT2D eigenvalue weighted by Gasteiger charge is 1.99. The van der Waals surface area contributed by atoms with Crippen molar-refractivity contribution in [3.63, 3.8) is 0 Å². The Morgan fingerprint density at radius 1 is 1.55 bits per heavy atom. The highest BCUT2D eigenvalue weighted by atomic mass is 16.1. The van der Waals surface area contributed by atoms with E-state index in [1.165, 1.54) is 12.8 Å². The molecule has 11 heavy (non-hydrogen) atoms. The first-order valence-corrected chi connectivity index (χ1v) is 4.37. The molecular weight excluding hydrogens is 138 g/mol. The molecule has 0 aromatic carbocycles. The summed E-state index contributed by atoms with van der Waals surface area (Å²) in [5.41, 5.74) is 0. The number of hydrogen-bond donors (Lipinski definition) is 1. The zero-order valence-electron chi connectivity index (χ0n) is 7.81. The predicted octanol–water partition coefficient (Wildman–Crippen LogP) is 1.60. The van der Waals surface area contributed by atoms with E-state index < -0.39 is 0 Å². The molecule has 0 saturated heterocycles. The van der Waals surface area contributed by atoms with E-state index in [1.807, 2.05) is 0 Å². The van der Waals surface area contributed by atoms with Gasteiger partial charge in [0.1, 0.15) is 5.78 Å². The zero-order chi connectivity index (χ0) is 8.69. The van der Waals surface area contributed by atoms with Gasteiger partial charge in [-0.2, -0.15) is 0 Å². The van der Waals surface area contributed by atoms with Crippen LogP contribution in [-0.2, 0) is 4.79 Å². The van der Waals surface area contributed by atoms with E-state index in [9.17, 15) is 4.79 Å². The molecule has 0 radical (unpaired) electrons. The van der Waals surface area contributed by atoms with Crippen molar-refractivity contribution in [2.45, 2.75) is 33.6 Å². The Morgan fingerprint density at radius 2 is 2.18 bits per heavy atom. The summed E-state index contributed by atoms with van der Waals surface area (Å²) in [5.74, 6) is 0.910. The zero-order valence-corrected chi connectivity index (χ0v) is 7.81. The third-order valence-corrected chi connectivity index (χ3v) is 1.65. The molecular formula is C9H19NO. The van der Waals surface area contributed by atoms with Gasteiger partial charge in [-0.1, -0.05) is 20.3 Å². The Kier molecular flexibility index (Phi) is 6.13. The highest BCUT2D eigenvalue weighted by molar-refractivity contribution is 5.77. The van der Waals surface area contributed by atoms with Crippen molar-refractivity contribution in [2.24, 2.45) is 5.92 Å². The standard InChI is InChI=1S/C9H19NO/c1-4-5-8(2)6-10-7-9(3)11/h8,10H,4-7H2,1-3H3. The maximum Gasteiger partial charge on any atom is 0.143 e. The molecule has 66 valence electrons. The topological polar surface area (TPSA) is 29.1 Å². The van der Waals surface area contributed by atoms with Gasteiger partial charge in [0, 0.05) is 0 Å². The summed E-state index contributed by atoms with van der Waals surface area (Å²) >= 11 is 0. The van der Waals surface area contributed by atoms with E-state index in [-0.39, 0.29) is 5.78 Å². The van der Waals surface area contributed by atoms with E-state index in [2.05, 4.69) is 19.2 Å². The number of carbonyl (C=O) groups excluding carboxylic acids is 1. The monoisotopic (exact) mass is 157 g/mol. The summed E-state index contributed by atoms with van der Waals surface area (Å²) in [6, 6.07) is 0. The Hall–Kier alpha value is -0.370. The fourth-order valence-electron chi connectivity index (χ4n) is 1.09. The minimum atomic E-state index is 0.216. The molecule has 1 atom stereocenters. The van der Waals surface area contributed by atoms with Crippen molar-refractivity contribution < 1.29 is 4.79 Å². The van der Waals surface area contributed by atoms with Crippen LogP contribution in [-0.4, -0.2) is 18.9 Å². The first-order chi connectivity index (χ1) is 5.16. The molecule has 0 spiro atoms. The van der Waals surface area contributed by atoms with Gasteiger partial charge in [-0.25, -0.2) is 0 Å². The van der Waals surface area contributed by atoms with Crippen LogP contribution in [0.2, 0.25) is 0 Å². The van der Waals surface area contributed by atoms with Crippen molar-refractivity contribution in [1.82, 2.24) is 5.32 Å². The second-order valence-corrected chi connectivity index (χ2v) is 3.23. The van der Waals surface area contributed by atoms with Gasteiger partial charge in [0.2, 0.25) is 0 Å². The number of carbonyl (C=O) groups is 1. The first-order valence-electron chi connectivity index (χ1n) is 4.37. The maximum atomic E-state index is 10.5. The molecule has 1 unspecified atom stereocenters. The van der Waals surface area contributed by atoms with E-state index in [4.69, 9.17) is 0 Å². The molecule has 0 heterocycles. The number of rotatable bonds is 6. The Morgan fingerprint density at radius 3 is 2.64 bits per heavy atom. The second-order valence-electron chi connectivity index (χ2n) is 3.23. The molecule has 0 aliphatic heterocycles. The summed E-state index contributed by atoms with van der Waals surface area (Å²) in [4.78, 5) is 10.5. The average molecular weight is 157 g/mol. The van der Waals surface area contributed by atoms with Gasteiger partial charge in [0.25, 0.3) is 0 Å². The quantitative estimate of drug-likeness (QED) is 0.634. The van der Waals surface area contributed by atoms with Crippen molar-refractivity contribution in [3.8, 4) is 0 Å². The molecule has 0 bridgehead atoms. The van der Waals surface area contributed by atoms with Crippen molar-refractivity contribution >= 4 is 5.78 Å². The van der Waals surface area contributed by atoms with Crippen LogP contribution < -0.4 is 5.32 Å². The van der Waals surface area contributed by atoms with Gasteiger partial charge >= 0.3 is 0 Å². The number of Topliss-reactive ketones (excluding diaryl/α,β-unsaturated/α-hetero) is 1.